The molecule has 0 aliphatic rings. The molecule has 0 spiro atoms. The van der Waals surface area contributed by atoms with Crippen LogP contribution in [0, 0.1) is 0 Å². The predicted molar refractivity (Wildman–Crippen MR) is 121 cm³/mol. The number of hydrogen-bond donors (Lipinski definition) is 0. The summed E-state index contributed by atoms with van der Waals surface area (Å²) in [6.07, 6.45) is 3.77. The molecular formula is C26H21N3. The lowest BCUT2D eigenvalue weighted by molar-refractivity contribution is 0.591. The molecule has 0 aliphatic heterocycles. The van der Waals surface area contributed by atoms with E-state index in [1.807, 2.05) is 30.6 Å². The summed E-state index contributed by atoms with van der Waals surface area (Å²) in [6.45, 7) is 6.79. The van der Waals surface area contributed by atoms with Crippen molar-refractivity contribution in [1.29, 1.82) is 0 Å². The van der Waals surface area contributed by atoms with Gasteiger partial charge < -0.3 is 0 Å². The van der Waals surface area contributed by atoms with E-state index in [1.54, 1.807) is 0 Å². The summed E-state index contributed by atoms with van der Waals surface area (Å²) in [7, 11) is 0. The molecule has 0 radical (unpaired) electrons. The van der Waals surface area contributed by atoms with Gasteiger partial charge in [0.1, 0.15) is 5.65 Å². The topological polar surface area (TPSA) is 30.2 Å². The highest BCUT2D eigenvalue weighted by Crippen LogP contribution is 2.40. The lowest BCUT2D eigenvalue weighted by atomic mass is 9.86. The average molecular weight is 375 g/mol. The largest absolute Gasteiger partial charge is 0.293 e. The SMILES string of the molecule is CC(C)(C)c1ccc2c(c1)c1cccc3c4cc(-c5ccccn5)cnc4n2c13. The van der Waals surface area contributed by atoms with Gasteiger partial charge in [0.05, 0.1) is 16.7 Å². The molecule has 0 atom stereocenters. The van der Waals surface area contributed by atoms with E-state index < -0.39 is 0 Å². The molecule has 0 saturated carbocycles. The van der Waals surface area contributed by atoms with Gasteiger partial charge in [-0.1, -0.05) is 51.1 Å². The van der Waals surface area contributed by atoms with Gasteiger partial charge in [0.2, 0.25) is 0 Å². The molecule has 6 aromatic rings. The number of aromatic nitrogens is 3. The molecule has 29 heavy (non-hydrogen) atoms. The third-order valence-corrected chi connectivity index (χ3v) is 5.98. The zero-order valence-corrected chi connectivity index (χ0v) is 16.8. The first-order valence-electron chi connectivity index (χ1n) is 10.0. The molecule has 4 heterocycles. The third kappa shape index (κ3) is 2.24. The summed E-state index contributed by atoms with van der Waals surface area (Å²) in [4.78, 5) is 9.39. The maximum absolute atomic E-state index is 4.89. The Morgan fingerprint density at radius 2 is 1.59 bits per heavy atom. The maximum Gasteiger partial charge on any atom is 0.145 e. The minimum atomic E-state index is 0.123. The van der Waals surface area contributed by atoms with Crippen LogP contribution in [0.3, 0.4) is 0 Å². The number of para-hydroxylation sites is 1. The number of nitrogens with zero attached hydrogens (tertiary/aromatic N) is 3. The van der Waals surface area contributed by atoms with Crippen molar-refractivity contribution in [2.24, 2.45) is 0 Å². The molecule has 6 rings (SSSR count). The Morgan fingerprint density at radius 1 is 0.759 bits per heavy atom. The molecule has 0 amide bonds. The minimum absolute atomic E-state index is 0.123. The molecule has 0 bridgehead atoms. The van der Waals surface area contributed by atoms with Crippen molar-refractivity contribution in [1.82, 2.24) is 14.4 Å². The minimum Gasteiger partial charge on any atom is -0.293 e. The van der Waals surface area contributed by atoms with Crippen LogP contribution in [0.5, 0.6) is 0 Å². The van der Waals surface area contributed by atoms with Gasteiger partial charge in [-0.3, -0.25) is 9.38 Å². The summed E-state index contributed by atoms with van der Waals surface area (Å²) < 4.78 is 2.32. The Hall–Kier alpha value is -3.46. The second kappa shape index (κ2) is 5.54. The van der Waals surface area contributed by atoms with Crippen molar-refractivity contribution in [3.63, 3.8) is 0 Å². The molecule has 0 saturated heterocycles. The third-order valence-electron chi connectivity index (χ3n) is 5.98. The predicted octanol–water partition coefficient (Wildman–Crippen LogP) is 6.59. The van der Waals surface area contributed by atoms with Gasteiger partial charge in [0.25, 0.3) is 0 Å². The Balaban J connectivity index is 1.73. The standard InChI is InChI=1S/C26H21N3/c1-26(2,3)17-10-11-23-20(14-17)18-7-6-8-19-21-13-16(22-9-4-5-12-27-22)15-28-25(21)29(23)24(18)19/h4-15H,1-3H3. The summed E-state index contributed by atoms with van der Waals surface area (Å²) in [5, 5.41) is 5.02. The van der Waals surface area contributed by atoms with Crippen molar-refractivity contribution in [2.75, 3.05) is 0 Å². The maximum atomic E-state index is 4.89. The summed E-state index contributed by atoms with van der Waals surface area (Å²) in [5.41, 5.74) is 6.96. The fourth-order valence-corrected chi connectivity index (χ4v) is 4.48. The number of pyridine rings is 2. The smallest absolute Gasteiger partial charge is 0.145 e. The van der Waals surface area contributed by atoms with Crippen molar-refractivity contribution >= 4 is 38.2 Å². The van der Waals surface area contributed by atoms with Gasteiger partial charge in [-0.2, -0.15) is 0 Å². The van der Waals surface area contributed by atoms with Crippen LogP contribution in [-0.4, -0.2) is 14.4 Å². The van der Waals surface area contributed by atoms with Gasteiger partial charge in [-0.25, -0.2) is 4.98 Å². The highest BCUT2D eigenvalue weighted by atomic mass is 15.0. The first-order valence-corrected chi connectivity index (χ1v) is 10.0. The molecular weight excluding hydrogens is 354 g/mol. The van der Waals surface area contributed by atoms with E-state index in [-0.39, 0.29) is 5.41 Å². The first-order chi connectivity index (χ1) is 14.0. The Labute approximate surface area is 169 Å². The molecule has 0 fully saturated rings. The molecule has 4 aromatic heterocycles. The quantitative estimate of drug-likeness (QED) is 0.324. The monoisotopic (exact) mass is 375 g/mol. The van der Waals surface area contributed by atoms with E-state index in [0.29, 0.717) is 0 Å². The molecule has 0 N–H and O–H groups in total. The van der Waals surface area contributed by atoms with Crippen molar-refractivity contribution in [3.05, 3.63) is 78.6 Å². The first kappa shape index (κ1) is 16.5. The summed E-state index contributed by atoms with van der Waals surface area (Å²) >= 11 is 0. The van der Waals surface area contributed by atoms with E-state index in [4.69, 9.17) is 4.98 Å². The van der Waals surface area contributed by atoms with Crippen LogP contribution in [0.1, 0.15) is 26.3 Å². The highest BCUT2D eigenvalue weighted by molar-refractivity contribution is 6.22. The molecule has 3 heteroatoms. The zero-order valence-electron chi connectivity index (χ0n) is 16.8. The van der Waals surface area contributed by atoms with Crippen molar-refractivity contribution < 1.29 is 0 Å². The van der Waals surface area contributed by atoms with Gasteiger partial charge in [-0.05, 0) is 41.3 Å². The van der Waals surface area contributed by atoms with Crippen LogP contribution in [0.25, 0.3) is 49.5 Å². The molecule has 0 unspecified atom stereocenters. The number of hydrogen-bond acceptors (Lipinski definition) is 2. The van der Waals surface area contributed by atoms with Crippen molar-refractivity contribution in [3.8, 4) is 11.3 Å². The fraction of sp³-hybridized carbons (Fsp3) is 0.154. The zero-order chi connectivity index (χ0) is 19.8. The van der Waals surface area contributed by atoms with Crippen LogP contribution >= 0.6 is 0 Å². The molecule has 3 nitrogen and oxygen atoms in total. The van der Waals surface area contributed by atoms with Gasteiger partial charge in [0, 0.05) is 39.5 Å². The molecule has 140 valence electrons. The average Bonchev–Trinajstić information content (AvgIpc) is 3.24. The van der Waals surface area contributed by atoms with Gasteiger partial charge in [-0.15, -0.1) is 0 Å². The lowest BCUT2D eigenvalue weighted by Crippen LogP contribution is -2.10. The second-order valence-corrected chi connectivity index (χ2v) is 8.83. The fourth-order valence-electron chi connectivity index (χ4n) is 4.48. The lowest BCUT2D eigenvalue weighted by Gasteiger charge is -2.19. The van der Waals surface area contributed by atoms with E-state index in [9.17, 15) is 0 Å². The molecule has 2 aromatic carbocycles. The van der Waals surface area contributed by atoms with Gasteiger partial charge in [0.15, 0.2) is 0 Å². The van der Waals surface area contributed by atoms with E-state index >= 15 is 0 Å². The van der Waals surface area contributed by atoms with Crippen LogP contribution in [0.4, 0.5) is 0 Å². The van der Waals surface area contributed by atoms with E-state index in [2.05, 4.69) is 72.6 Å². The van der Waals surface area contributed by atoms with Crippen LogP contribution in [0.15, 0.2) is 73.1 Å². The normalized spacial score (nSPS) is 12.7. The van der Waals surface area contributed by atoms with Crippen LogP contribution in [-0.2, 0) is 5.41 Å². The van der Waals surface area contributed by atoms with Crippen LogP contribution < -0.4 is 0 Å². The number of rotatable bonds is 1. The summed E-state index contributed by atoms with van der Waals surface area (Å²) in [6, 6.07) is 21.7. The summed E-state index contributed by atoms with van der Waals surface area (Å²) in [5.74, 6) is 0. The van der Waals surface area contributed by atoms with Gasteiger partial charge >= 0.3 is 0 Å². The van der Waals surface area contributed by atoms with E-state index in [1.165, 1.54) is 38.1 Å². The molecule has 0 aliphatic carbocycles. The number of fused-ring (bicyclic) bond motifs is 6. The highest BCUT2D eigenvalue weighted by Gasteiger charge is 2.21. The van der Waals surface area contributed by atoms with Crippen molar-refractivity contribution in [2.45, 2.75) is 26.2 Å². The van der Waals surface area contributed by atoms with Crippen LogP contribution in [0.2, 0.25) is 0 Å². The Bertz CT molecular complexity index is 1520. The Kier molecular flexibility index (Phi) is 3.15. The number of benzene rings is 2. The Morgan fingerprint density at radius 3 is 2.34 bits per heavy atom. The second-order valence-electron chi connectivity index (χ2n) is 8.83. The van der Waals surface area contributed by atoms with E-state index in [0.717, 1.165) is 16.9 Å².